The third-order valence-corrected chi connectivity index (χ3v) is 6.86. The Kier molecular flexibility index (Phi) is 6.35. The average molecular weight is 451 g/mol. The number of fused-ring (bicyclic) bond motifs is 1. The van der Waals surface area contributed by atoms with Gasteiger partial charge in [-0.1, -0.05) is 11.6 Å². The van der Waals surface area contributed by atoms with Crippen molar-refractivity contribution < 1.29 is 13.6 Å². The van der Waals surface area contributed by atoms with E-state index in [4.69, 9.17) is 16.6 Å². The van der Waals surface area contributed by atoms with Gasteiger partial charge in [0.2, 0.25) is 5.92 Å². The molecule has 31 heavy (non-hydrogen) atoms. The quantitative estimate of drug-likeness (QED) is 0.724. The molecular weight excluding hydrogens is 422 g/mol. The molecule has 0 bridgehead atoms. The molecule has 1 aromatic heterocycles. The van der Waals surface area contributed by atoms with Gasteiger partial charge in [-0.05, 0) is 63.5 Å². The molecule has 1 aliphatic heterocycles. The van der Waals surface area contributed by atoms with Gasteiger partial charge in [0.15, 0.2) is 0 Å². The zero-order chi connectivity index (χ0) is 22.2. The van der Waals surface area contributed by atoms with Crippen molar-refractivity contribution in [3.63, 3.8) is 0 Å². The van der Waals surface area contributed by atoms with Crippen LogP contribution in [0.3, 0.4) is 0 Å². The van der Waals surface area contributed by atoms with Gasteiger partial charge >= 0.3 is 0 Å². The summed E-state index contributed by atoms with van der Waals surface area (Å²) < 4.78 is 27.3. The van der Waals surface area contributed by atoms with Crippen LogP contribution in [0.1, 0.15) is 42.5 Å². The number of hydrogen-bond acceptors (Lipinski definition) is 4. The van der Waals surface area contributed by atoms with Crippen molar-refractivity contribution in [2.45, 2.75) is 44.1 Å². The Bertz CT molecular complexity index is 968. The zero-order valence-corrected chi connectivity index (χ0v) is 18.8. The molecule has 1 saturated heterocycles. The fourth-order valence-electron chi connectivity index (χ4n) is 4.72. The number of carbonyl (C=O) groups excluding carboxylic acids is 1. The van der Waals surface area contributed by atoms with Gasteiger partial charge in [-0.15, -0.1) is 0 Å². The van der Waals surface area contributed by atoms with Gasteiger partial charge in [0.25, 0.3) is 5.91 Å². The second-order valence-electron chi connectivity index (χ2n) is 9.04. The molecule has 1 N–H and O–H groups in total. The van der Waals surface area contributed by atoms with Gasteiger partial charge in [-0.3, -0.25) is 4.79 Å². The van der Waals surface area contributed by atoms with Crippen LogP contribution in [0.2, 0.25) is 5.02 Å². The fourth-order valence-corrected chi connectivity index (χ4v) is 4.97. The van der Waals surface area contributed by atoms with E-state index in [2.05, 4.69) is 29.2 Å². The SMILES string of the molecule is CN(C)[C@@H]1CCN(c2ccc3c(C(=O)NCC4CCCC(F)(F)C4)c(Cl)ccc3n2)C1. The molecule has 4 rings (SSSR count). The van der Waals surface area contributed by atoms with Crippen molar-refractivity contribution in [3.05, 3.63) is 34.9 Å². The van der Waals surface area contributed by atoms with Crippen LogP contribution in [0.25, 0.3) is 10.9 Å². The number of alkyl halides is 2. The van der Waals surface area contributed by atoms with E-state index in [9.17, 15) is 13.6 Å². The first-order valence-electron chi connectivity index (χ1n) is 10.9. The summed E-state index contributed by atoms with van der Waals surface area (Å²) in [5, 5.41) is 3.83. The molecule has 0 radical (unpaired) electrons. The molecular formula is C23H29ClF2N4O. The molecule has 2 fully saturated rings. The molecule has 2 atom stereocenters. The Morgan fingerprint density at radius 1 is 1.29 bits per heavy atom. The van der Waals surface area contributed by atoms with Gasteiger partial charge in [0.05, 0.1) is 16.1 Å². The number of halogens is 3. The summed E-state index contributed by atoms with van der Waals surface area (Å²) in [6, 6.07) is 7.80. The normalized spacial score (nSPS) is 23.5. The number of hydrogen-bond donors (Lipinski definition) is 1. The lowest BCUT2D eigenvalue weighted by atomic mass is 9.86. The van der Waals surface area contributed by atoms with Gasteiger partial charge in [-0.25, -0.2) is 13.8 Å². The first-order valence-corrected chi connectivity index (χ1v) is 11.3. The van der Waals surface area contributed by atoms with Crippen LogP contribution in [-0.2, 0) is 0 Å². The van der Waals surface area contributed by atoms with Crippen LogP contribution >= 0.6 is 11.6 Å². The van der Waals surface area contributed by atoms with Crippen LogP contribution in [0.15, 0.2) is 24.3 Å². The second kappa shape index (κ2) is 8.87. The first-order chi connectivity index (χ1) is 14.7. The number of rotatable bonds is 5. The maximum absolute atomic E-state index is 13.7. The molecule has 0 spiro atoms. The predicted octanol–water partition coefficient (Wildman–Crippen LogP) is 4.58. The van der Waals surface area contributed by atoms with Crippen molar-refractivity contribution >= 4 is 34.2 Å². The molecule has 1 aliphatic carbocycles. The van der Waals surface area contributed by atoms with E-state index in [1.807, 2.05) is 18.2 Å². The molecule has 2 heterocycles. The number of pyridine rings is 1. The third-order valence-electron chi connectivity index (χ3n) is 6.54. The lowest BCUT2D eigenvalue weighted by molar-refractivity contribution is -0.0518. The van der Waals surface area contributed by atoms with Crippen LogP contribution < -0.4 is 10.2 Å². The summed E-state index contributed by atoms with van der Waals surface area (Å²) in [7, 11) is 4.17. The van der Waals surface area contributed by atoms with E-state index in [1.165, 1.54) is 0 Å². The summed E-state index contributed by atoms with van der Waals surface area (Å²) in [5.41, 5.74) is 1.05. The number of aromatic nitrogens is 1. The third kappa shape index (κ3) is 4.93. The first kappa shape index (κ1) is 22.2. The monoisotopic (exact) mass is 450 g/mol. The molecule has 5 nitrogen and oxygen atoms in total. The summed E-state index contributed by atoms with van der Waals surface area (Å²) in [5.74, 6) is -2.31. The number of amides is 1. The summed E-state index contributed by atoms with van der Waals surface area (Å²) >= 11 is 6.36. The average Bonchev–Trinajstić information content (AvgIpc) is 3.21. The minimum Gasteiger partial charge on any atom is -0.355 e. The van der Waals surface area contributed by atoms with E-state index >= 15 is 0 Å². The van der Waals surface area contributed by atoms with Gasteiger partial charge in [-0.2, -0.15) is 0 Å². The predicted molar refractivity (Wildman–Crippen MR) is 120 cm³/mol. The maximum Gasteiger partial charge on any atom is 0.253 e. The summed E-state index contributed by atoms with van der Waals surface area (Å²) in [4.78, 5) is 22.2. The van der Waals surface area contributed by atoms with Crippen molar-refractivity contribution in [1.82, 2.24) is 15.2 Å². The van der Waals surface area contributed by atoms with Crippen LogP contribution in [-0.4, -0.2) is 61.5 Å². The molecule has 1 unspecified atom stereocenters. The highest BCUT2D eigenvalue weighted by Crippen LogP contribution is 2.36. The van der Waals surface area contributed by atoms with Crippen molar-refractivity contribution in [1.29, 1.82) is 0 Å². The highest BCUT2D eigenvalue weighted by molar-refractivity contribution is 6.35. The zero-order valence-electron chi connectivity index (χ0n) is 18.0. The molecule has 2 aromatic rings. The molecule has 1 amide bonds. The molecule has 1 aromatic carbocycles. The van der Waals surface area contributed by atoms with Crippen molar-refractivity contribution in [2.75, 3.05) is 38.6 Å². The van der Waals surface area contributed by atoms with E-state index in [-0.39, 0.29) is 31.2 Å². The summed E-state index contributed by atoms with van der Waals surface area (Å²) in [6.07, 6.45) is 2.04. The number of likely N-dealkylation sites (N-methyl/N-ethyl adjacent to an activating group) is 1. The van der Waals surface area contributed by atoms with E-state index in [0.29, 0.717) is 40.4 Å². The Morgan fingerprint density at radius 2 is 2.10 bits per heavy atom. The van der Waals surface area contributed by atoms with Crippen LogP contribution in [0, 0.1) is 5.92 Å². The van der Waals surface area contributed by atoms with E-state index in [1.54, 1.807) is 6.07 Å². The highest BCUT2D eigenvalue weighted by Gasteiger charge is 2.36. The van der Waals surface area contributed by atoms with Gasteiger partial charge in [0.1, 0.15) is 5.82 Å². The second-order valence-corrected chi connectivity index (χ2v) is 9.45. The van der Waals surface area contributed by atoms with Crippen LogP contribution in [0.5, 0.6) is 0 Å². The van der Waals surface area contributed by atoms with Gasteiger partial charge < -0.3 is 15.1 Å². The molecule has 1 saturated carbocycles. The highest BCUT2D eigenvalue weighted by atomic mass is 35.5. The minimum atomic E-state index is -2.63. The topological polar surface area (TPSA) is 48.5 Å². The lowest BCUT2D eigenvalue weighted by Gasteiger charge is -2.29. The lowest BCUT2D eigenvalue weighted by Crippen LogP contribution is -2.35. The largest absolute Gasteiger partial charge is 0.355 e. The van der Waals surface area contributed by atoms with Gasteiger partial charge in [0, 0.05) is 43.9 Å². The molecule has 8 heteroatoms. The number of benzene rings is 1. The van der Waals surface area contributed by atoms with Crippen molar-refractivity contribution in [2.24, 2.45) is 5.92 Å². The Hall–Kier alpha value is -1.99. The number of anilines is 1. The number of carbonyl (C=O) groups is 1. The Morgan fingerprint density at radius 3 is 2.81 bits per heavy atom. The Labute approximate surface area is 186 Å². The molecule has 2 aliphatic rings. The standard InChI is InChI=1S/C23H29ClF2N4O/c1-29(2)16-9-11-30(14-16)20-8-5-17-19(28-20)7-6-18(24)21(17)22(31)27-13-15-4-3-10-23(25,26)12-15/h5-8,15-16H,3-4,9-14H2,1-2H3,(H,27,31)/t15?,16-/m1/s1. The Balaban J connectivity index is 1.51. The molecule has 168 valence electrons. The minimum absolute atomic E-state index is 0.0626. The maximum atomic E-state index is 13.7. The smallest absolute Gasteiger partial charge is 0.253 e. The van der Waals surface area contributed by atoms with E-state index < -0.39 is 5.92 Å². The summed E-state index contributed by atoms with van der Waals surface area (Å²) in [6.45, 7) is 2.08. The number of nitrogens with one attached hydrogen (secondary N) is 1. The van der Waals surface area contributed by atoms with Crippen LogP contribution in [0.4, 0.5) is 14.6 Å². The number of nitrogens with zero attached hydrogens (tertiary/aromatic N) is 3. The van der Waals surface area contributed by atoms with E-state index in [0.717, 1.165) is 25.3 Å². The van der Waals surface area contributed by atoms with Crippen molar-refractivity contribution in [3.8, 4) is 0 Å². The fraction of sp³-hybridized carbons (Fsp3) is 0.565.